The summed E-state index contributed by atoms with van der Waals surface area (Å²) in [6.45, 7) is 4.48. The standard InChI is InChI=1S/C18H17Cl2N5OS/c1-3-25-17(12-7-5-4-6-8-12)23-24-18(25)27-10-14(26)22-16-15(20)11(2)13(19)9-21-16/h4-9H,3,10H2,1-2H3,(H,21,22,26). The average molecular weight is 422 g/mol. The molecular weight excluding hydrogens is 405 g/mol. The van der Waals surface area contributed by atoms with Crippen LogP contribution in [0.5, 0.6) is 0 Å². The minimum absolute atomic E-state index is 0.159. The second-order valence-corrected chi connectivity index (χ2v) is 7.37. The van der Waals surface area contributed by atoms with Crippen molar-refractivity contribution in [3.8, 4) is 11.4 Å². The van der Waals surface area contributed by atoms with Gasteiger partial charge in [-0.3, -0.25) is 4.79 Å². The Morgan fingerprint density at radius 2 is 1.96 bits per heavy atom. The number of nitrogens with one attached hydrogen (secondary N) is 1. The van der Waals surface area contributed by atoms with Crippen LogP contribution >= 0.6 is 35.0 Å². The monoisotopic (exact) mass is 421 g/mol. The topological polar surface area (TPSA) is 72.7 Å². The molecule has 2 heterocycles. The molecule has 0 fully saturated rings. The molecule has 0 bridgehead atoms. The molecule has 0 aliphatic rings. The normalized spacial score (nSPS) is 10.8. The van der Waals surface area contributed by atoms with Crippen molar-refractivity contribution in [3.63, 3.8) is 0 Å². The van der Waals surface area contributed by atoms with E-state index in [0.717, 1.165) is 11.4 Å². The van der Waals surface area contributed by atoms with Crippen LogP contribution in [-0.2, 0) is 11.3 Å². The minimum Gasteiger partial charge on any atom is -0.309 e. The molecule has 27 heavy (non-hydrogen) atoms. The van der Waals surface area contributed by atoms with Crippen molar-refractivity contribution in [3.05, 3.63) is 52.1 Å². The van der Waals surface area contributed by atoms with Gasteiger partial charge in [0.25, 0.3) is 0 Å². The summed E-state index contributed by atoms with van der Waals surface area (Å²) in [7, 11) is 0. The molecule has 140 valence electrons. The molecule has 3 rings (SSSR count). The fourth-order valence-electron chi connectivity index (χ4n) is 2.42. The molecule has 0 spiro atoms. The Labute approximate surface area is 171 Å². The van der Waals surface area contributed by atoms with Crippen LogP contribution in [0.25, 0.3) is 11.4 Å². The predicted molar refractivity (Wildman–Crippen MR) is 109 cm³/mol. The van der Waals surface area contributed by atoms with Crippen LogP contribution in [-0.4, -0.2) is 31.4 Å². The molecule has 0 saturated heterocycles. The first-order valence-electron chi connectivity index (χ1n) is 8.23. The molecule has 0 aliphatic heterocycles. The van der Waals surface area contributed by atoms with Gasteiger partial charge in [0.15, 0.2) is 16.8 Å². The molecule has 0 atom stereocenters. The third-order valence-corrected chi connectivity index (χ3v) is 5.67. The van der Waals surface area contributed by atoms with Gasteiger partial charge < -0.3 is 9.88 Å². The van der Waals surface area contributed by atoms with Crippen molar-refractivity contribution in [1.82, 2.24) is 19.7 Å². The van der Waals surface area contributed by atoms with Gasteiger partial charge in [0.05, 0.1) is 15.8 Å². The van der Waals surface area contributed by atoms with Gasteiger partial charge in [0, 0.05) is 18.3 Å². The van der Waals surface area contributed by atoms with E-state index in [1.54, 1.807) is 6.92 Å². The molecule has 1 aromatic carbocycles. The van der Waals surface area contributed by atoms with Gasteiger partial charge in [-0.15, -0.1) is 10.2 Å². The van der Waals surface area contributed by atoms with Gasteiger partial charge in [0.1, 0.15) is 0 Å². The lowest BCUT2D eigenvalue weighted by Gasteiger charge is -2.09. The summed E-state index contributed by atoms with van der Waals surface area (Å²) in [6.07, 6.45) is 1.46. The highest BCUT2D eigenvalue weighted by Gasteiger charge is 2.16. The van der Waals surface area contributed by atoms with Crippen molar-refractivity contribution in [2.75, 3.05) is 11.1 Å². The summed E-state index contributed by atoms with van der Waals surface area (Å²) < 4.78 is 1.98. The highest BCUT2D eigenvalue weighted by atomic mass is 35.5. The average Bonchev–Trinajstić information content (AvgIpc) is 3.10. The fourth-order valence-corrected chi connectivity index (χ4v) is 3.62. The van der Waals surface area contributed by atoms with Gasteiger partial charge in [-0.2, -0.15) is 0 Å². The van der Waals surface area contributed by atoms with Crippen molar-refractivity contribution in [2.45, 2.75) is 25.5 Å². The van der Waals surface area contributed by atoms with E-state index in [9.17, 15) is 4.79 Å². The second kappa shape index (κ2) is 8.73. The minimum atomic E-state index is -0.233. The number of anilines is 1. The van der Waals surface area contributed by atoms with E-state index in [-0.39, 0.29) is 11.7 Å². The summed E-state index contributed by atoms with van der Waals surface area (Å²) in [4.78, 5) is 16.4. The molecule has 0 unspecified atom stereocenters. The van der Waals surface area contributed by atoms with Crippen molar-refractivity contribution in [1.29, 1.82) is 0 Å². The molecule has 0 saturated carbocycles. The van der Waals surface area contributed by atoms with Crippen LogP contribution < -0.4 is 5.32 Å². The van der Waals surface area contributed by atoms with Crippen LogP contribution in [0.15, 0.2) is 41.7 Å². The van der Waals surface area contributed by atoms with E-state index >= 15 is 0 Å². The Morgan fingerprint density at radius 1 is 1.22 bits per heavy atom. The summed E-state index contributed by atoms with van der Waals surface area (Å²) in [5.41, 5.74) is 1.66. The van der Waals surface area contributed by atoms with Gasteiger partial charge in [-0.05, 0) is 19.4 Å². The molecule has 2 aromatic heterocycles. The number of benzene rings is 1. The van der Waals surface area contributed by atoms with E-state index in [2.05, 4.69) is 20.5 Å². The Bertz CT molecular complexity index is 962. The number of hydrogen-bond donors (Lipinski definition) is 1. The van der Waals surface area contributed by atoms with Crippen molar-refractivity contribution < 1.29 is 4.79 Å². The lowest BCUT2D eigenvalue weighted by Crippen LogP contribution is -2.16. The predicted octanol–water partition coefficient (Wildman–Crippen LogP) is 4.71. The zero-order chi connectivity index (χ0) is 19.4. The third kappa shape index (κ3) is 4.43. The smallest absolute Gasteiger partial charge is 0.236 e. The zero-order valence-corrected chi connectivity index (χ0v) is 17.1. The lowest BCUT2D eigenvalue weighted by atomic mass is 10.2. The van der Waals surface area contributed by atoms with Crippen LogP contribution in [0.3, 0.4) is 0 Å². The quantitative estimate of drug-likeness (QED) is 0.583. The SMILES string of the molecule is CCn1c(SCC(=O)Nc2ncc(Cl)c(C)c2Cl)nnc1-c1ccccc1. The Morgan fingerprint density at radius 3 is 2.67 bits per heavy atom. The van der Waals surface area contributed by atoms with Crippen molar-refractivity contribution >= 4 is 46.7 Å². The molecular formula is C18H17Cl2N5OS. The number of rotatable bonds is 6. The number of aromatic nitrogens is 4. The number of amides is 1. The van der Waals surface area contributed by atoms with E-state index < -0.39 is 0 Å². The maximum atomic E-state index is 12.3. The summed E-state index contributed by atoms with van der Waals surface area (Å²) in [5.74, 6) is 1.00. The summed E-state index contributed by atoms with van der Waals surface area (Å²) in [5, 5.41) is 12.7. The number of carbonyl (C=O) groups excluding carboxylic acids is 1. The number of halogens is 2. The molecule has 0 aliphatic carbocycles. The number of pyridine rings is 1. The number of thioether (sulfide) groups is 1. The summed E-state index contributed by atoms with van der Waals surface area (Å²) in [6, 6.07) is 9.82. The number of carbonyl (C=O) groups is 1. The Hall–Kier alpha value is -2.09. The van der Waals surface area contributed by atoms with Crippen molar-refractivity contribution in [2.24, 2.45) is 0 Å². The van der Waals surface area contributed by atoms with Crippen LogP contribution in [0.2, 0.25) is 10.0 Å². The molecule has 9 heteroatoms. The largest absolute Gasteiger partial charge is 0.309 e. The maximum Gasteiger partial charge on any atom is 0.236 e. The fraction of sp³-hybridized carbons (Fsp3) is 0.222. The van der Waals surface area contributed by atoms with Crippen LogP contribution in [0.1, 0.15) is 12.5 Å². The molecule has 0 radical (unpaired) electrons. The number of nitrogens with zero attached hydrogens (tertiary/aromatic N) is 4. The van der Waals surface area contributed by atoms with Crippen LogP contribution in [0, 0.1) is 6.92 Å². The Kier molecular flexibility index (Phi) is 6.36. The summed E-state index contributed by atoms with van der Waals surface area (Å²) >= 11 is 13.5. The van der Waals surface area contributed by atoms with Gasteiger partial charge in [-0.1, -0.05) is 65.3 Å². The van der Waals surface area contributed by atoms with Gasteiger partial charge in [-0.25, -0.2) is 4.98 Å². The number of hydrogen-bond acceptors (Lipinski definition) is 5. The van der Waals surface area contributed by atoms with Crippen LogP contribution in [0.4, 0.5) is 5.82 Å². The third-order valence-electron chi connectivity index (χ3n) is 3.86. The highest BCUT2D eigenvalue weighted by molar-refractivity contribution is 7.99. The van der Waals surface area contributed by atoms with E-state index in [0.29, 0.717) is 33.1 Å². The first-order chi connectivity index (χ1) is 13.0. The Balaban J connectivity index is 1.69. The van der Waals surface area contributed by atoms with Gasteiger partial charge in [0.2, 0.25) is 5.91 Å². The van der Waals surface area contributed by atoms with E-state index in [1.807, 2.05) is 41.8 Å². The maximum absolute atomic E-state index is 12.3. The first-order valence-corrected chi connectivity index (χ1v) is 9.97. The first kappa shape index (κ1) is 19.7. The van der Waals surface area contributed by atoms with E-state index in [1.165, 1.54) is 18.0 Å². The second-order valence-electron chi connectivity index (χ2n) is 5.65. The molecule has 6 nitrogen and oxygen atoms in total. The lowest BCUT2D eigenvalue weighted by molar-refractivity contribution is -0.113. The molecule has 1 amide bonds. The van der Waals surface area contributed by atoms with E-state index in [4.69, 9.17) is 23.2 Å². The zero-order valence-electron chi connectivity index (χ0n) is 14.7. The van der Waals surface area contributed by atoms with Gasteiger partial charge >= 0.3 is 0 Å². The highest BCUT2D eigenvalue weighted by Crippen LogP contribution is 2.29. The molecule has 3 aromatic rings. The molecule has 1 N–H and O–H groups in total.